The van der Waals surface area contributed by atoms with Crippen LogP contribution in [0.15, 0.2) is 18.2 Å². The topological polar surface area (TPSA) is 35.2 Å². The molecule has 1 aromatic carbocycles. The first-order valence-electron chi connectivity index (χ1n) is 7.20. The molecule has 98 valence electrons. The molecule has 1 aromatic rings. The second kappa shape index (κ2) is 4.58. The molecule has 1 saturated carbocycles. The number of nitrogens with two attached hydrogens (primary N) is 1. The highest BCUT2D eigenvalue weighted by Crippen LogP contribution is 2.45. The van der Waals surface area contributed by atoms with E-state index in [0.717, 1.165) is 18.8 Å². The third-order valence-electron chi connectivity index (χ3n) is 4.82. The minimum atomic E-state index is 0.170. The van der Waals surface area contributed by atoms with Gasteiger partial charge in [-0.25, -0.2) is 0 Å². The second-order valence-corrected chi connectivity index (χ2v) is 6.16. The smallest absolute Gasteiger partial charge is 0.122 e. The lowest BCUT2D eigenvalue weighted by Gasteiger charge is -2.39. The third-order valence-corrected chi connectivity index (χ3v) is 4.82. The van der Waals surface area contributed by atoms with Gasteiger partial charge in [0.05, 0.1) is 6.61 Å². The van der Waals surface area contributed by atoms with Gasteiger partial charge in [-0.3, -0.25) is 0 Å². The van der Waals surface area contributed by atoms with Crippen molar-refractivity contribution in [3.63, 3.8) is 0 Å². The van der Waals surface area contributed by atoms with Gasteiger partial charge >= 0.3 is 0 Å². The van der Waals surface area contributed by atoms with E-state index in [2.05, 4.69) is 25.1 Å². The Bertz CT molecular complexity index is 435. The van der Waals surface area contributed by atoms with E-state index < -0.39 is 0 Å². The minimum Gasteiger partial charge on any atom is -0.493 e. The third kappa shape index (κ3) is 2.03. The lowest BCUT2D eigenvalue weighted by molar-refractivity contribution is 0.170. The van der Waals surface area contributed by atoms with Crippen molar-refractivity contribution in [1.29, 1.82) is 0 Å². The van der Waals surface area contributed by atoms with Crippen molar-refractivity contribution in [3.05, 3.63) is 29.3 Å². The van der Waals surface area contributed by atoms with Crippen LogP contribution in [0.2, 0.25) is 0 Å². The molecule has 2 N–H and O–H groups in total. The predicted octanol–water partition coefficient (Wildman–Crippen LogP) is 3.59. The summed E-state index contributed by atoms with van der Waals surface area (Å²) in [5.41, 5.74) is 9.47. The zero-order chi connectivity index (χ0) is 12.6. The molecular weight excluding hydrogens is 222 g/mol. The lowest BCUT2D eigenvalue weighted by Crippen LogP contribution is -2.33. The zero-order valence-corrected chi connectivity index (χ0v) is 11.2. The fraction of sp³-hybridized carbons (Fsp3) is 0.625. The van der Waals surface area contributed by atoms with Crippen LogP contribution in [0.25, 0.3) is 0 Å². The molecule has 2 nitrogen and oxygen atoms in total. The Labute approximate surface area is 110 Å². The van der Waals surface area contributed by atoms with Gasteiger partial charge in [-0.15, -0.1) is 0 Å². The fourth-order valence-electron chi connectivity index (χ4n) is 3.47. The predicted molar refractivity (Wildman–Crippen MR) is 73.8 cm³/mol. The highest BCUT2D eigenvalue weighted by atomic mass is 16.5. The van der Waals surface area contributed by atoms with Crippen molar-refractivity contribution in [1.82, 2.24) is 0 Å². The Hall–Kier alpha value is -1.02. The molecule has 3 rings (SSSR count). The number of hydrogen-bond acceptors (Lipinski definition) is 2. The van der Waals surface area contributed by atoms with Crippen LogP contribution in [0.5, 0.6) is 5.75 Å². The molecule has 1 aliphatic heterocycles. The number of hydrogen-bond donors (Lipinski definition) is 1. The first-order chi connectivity index (χ1) is 8.69. The molecule has 0 aromatic heterocycles. The van der Waals surface area contributed by atoms with Crippen LogP contribution in [-0.2, 0) is 6.42 Å². The minimum absolute atomic E-state index is 0.170. The van der Waals surface area contributed by atoms with Gasteiger partial charge in [0, 0.05) is 12.5 Å². The van der Waals surface area contributed by atoms with Crippen LogP contribution in [0.4, 0.5) is 0 Å². The van der Waals surface area contributed by atoms with Crippen molar-refractivity contribution in [3.8, 4) is 5.75 Å². The summed E-state index contributed by atoms with van der Waals surface area (Å²) in [6.45, 7) is 3.19. The summed E-state index contributed by atoms with van der Waals surface area (Å²) in [6, 6.07) is 6.70. The molecular formula is C16H23NO. The van der Waals surface area contributed by atoms with Crippen LogP contribution in [0, 0.1) is 5.41 Å². The van der Waals surface area contributed by atoms with Crippen molar-refractivity contribution >= 4 is 0 Å². The normalized spacial score (nSPS) is 23.2. The summed E-state index contributed by atoms with van der Waals surface area (Å²) >= 11 is 0. The van der Waals surface area contributed by atoms with Crippen molar-refractivity contribution in [2.24, 2.45) is 11.1 Å². The van der Waals surface area contributed by atoms with Gasteiger partial charge < -0.3 is 10.5 Å². The van der Waals surface area contributed by atoms with E-state index >= 15 is 0 Å². The van der Waals surface area contributed by atoms with Gasteiger partial charge in [0.25, 0.3) is 0 Å². The van der Waals surface area contributed by atoms with Gasteiger partial charge in [0.1, 0.15) is 5.75 Å². The fourth-order valence-corrected chi connectivity index (χ4v) is 3.47. The molecule has 1 unspecified atom stereocenters. The second-order valence-electron chi connectivity index (χ2n) is 6.16. The maximum atomic E-state index is 6.56. The number of ether oxygens (including phenoxy) is 1. The maximum absolute atomic E-state index is 6.56. The monoisotopic (exact) mass is 245 g/mol. The van der Waals surface area contributed by atoms with Crippen molar-refractivity contribution < 1.29 is 4.74 Å². The molecule has 0 bridgehead atoms. The molecule has 2 heteroatoms. The average Bonchev–Trinajstić information content (AvgIpc) is 2.86. The van der Waals surface area contributed by atoms with E-state index in [1.165, 1.54) is 43.2 Å². The van der Waals surface area contributed by atoms with Gasteiger partial charge in [-0.05, 0) is 35.4 Å². The Morgan fingerprint density at radius 3 is 2.78 bits per heavy atom. The SMILES string of the molecule is CC1(C(N)c2ccc3c(c2)CCO3)CCCCC1. The molecule has 1 heterocycles. The molecule has 0 saturated heterocycles. The van der Waals surface area contributed by atoms with Gasteiger partial charge in [0.2, 0.25) is 0 Å². The molecule has 0 radical (unpaired) electrons. The Morgan fingerprint density at radius 2 is 2.00 bits per heavy atom. The van der Waals surface area contributed by atoms with E-state index in [9.17, 15) is 0 Å². The van der Waals surface area contributed by atoms with Crippen LogP contribution >= 0.6 is 0 Å². The van der Waals surface area contributed by atoms with Gasteiger partial charge in [0.15, 0.2) is 0 Å². The molecule has 18 heavy (non-hydrogen) atoms. The Balaban J connectivity index is 1.85. The number of benzene rings is 1. The summed E-state index contributed by atoms with van der Waals surface area (Å²) in [4.78, 5) is 0. The van der Waals surface area contributed by atoms with E-state index in [-0.39, 0.29) is 11.5 Å². The van der Waals surface area contributed by atoms with Crippen molar-refractivity contribution in [2.75, 3.05) is 6.61 Å². The van der Waals surface area contributed by atoms with E-state index in [1.54, 1.807) is 0 Å². The molecule has 1 aliphatic carbocycles. The Kier molecular flexibility index (Phi) is 3.06. The van der Waals surface area contributed by atoms with E-state index in [0.29, 0.717) is 0 Å². The quantitative estimate of drug-likeness (QED) is 0.864. The first-order valence-corrected chi connectivity index (χ1v) is 7.20. The van der Waals surface area contributed by atoms with Crippen molar-refractivity contribution in [2.45, 2.75) is 51.5 Å². The maximum Gasteiger partial charge on any atom is 0.122 e. The molecule has 1 atom stereocenters. The number of rotatable bonds is 2. The molecule has 2 aliphatic rings. The van der Waals surface area contributed by atoms with Crippen LogP contribution in [0.1, 0.15) is 56.2 Å². The highest BCUT2D eigenvalue weighted by Gasteiger charge is 2.34. The summed E-state index contributed by atoms with van der Waals surface area (Å²) in [7, 11) is 0. The van der Waals surface area contributed by atoms with Crippen LogP contribution in [0.3, 0.4) is 0 Å². The number of fused-ring (bicyclic) bond motifs is 1. The summed E-state index contributed by atoms with van der Waals surface area (Å²) in [6.07, 6.45) is 7.60. The van der Waals surface area contributed by atoms with Gasteiger partial charge in [-0.2, -0.15) is 0 Å². The van der Waals surface area contributed by atoms with E-state index in [1.807, 2.05) is 0 Å². The van der Waals surface area contributed by atoms with Crippen LogP contribution in [-0.4, -0.2) is 6.61 Å². The zero-order valence-electron chi connectivity index (χ0n) is 11.2. The summed E-state index contributed by atoms with van der Waals surface area (Å²) < 4.78 is 5.56. The average molecular weight is 245 g/mol. The molecule has 0 spiro atoms. The summed E-state index contributed by atoms with van der Waals surface area (Å²) in [5, 5.41) is 0. The van der Waals surface area contributed by atoms with E-state index in [4.69, 9.17) is 10.5 Å². The molecule has 0 amide bonds. The standard InChI is InChI=1S/C16H23NO/c1-16(8-3-2-4-9-16)15(17)13-5-6-14-12(11-13)7-10-18-14/h5-6,11,15H,2-4,7-10,17H2,1H3. The Morgan fingerprint density at radius 1 is 1.22 bits per heavy atom. The summed E-state index contributed by atoms with van der Waals surface area (Å²) in [5.74, 6) is 1.06. The van der Waals surface area contributed by atoms with Gasteiger partial charge in [-0.1, -0.05) is 38.3 Å². The lowest BCUT2D eigenvalue weighted by atomic mass is 9.69. The van der Waals surface area contributed by atoms with Crippen LogP contribution < -0.4 is 10.5 Å². The largest absolute Gasteiger partial charge is 0.493 e. The highest BCUT2D eigenvalue weighted by molar-refractivity contribution is 5.41. The first kappa shape index (κ1) is 12.0. The molecule has 1 fully saturated rings.